The molecule has 0 saturated heterocycles. The summed E-state index contributed by atoms with van der Waals surface area (Å²) in [5, 5.41) is 10.6. The zero-order valence-electron chi connectivity index (χ0n) is 65.1. The van der Waals surface area contributed by atoms with Crippen LogP contribution in [0, 0.1) is 23.7 Å². The number of carbonyl (C=O) groups is 4. The van der Waals surface area contributed by atoms with E-state index in [0.717, 1.165) is 114 Å². The molecule has 0 spiro atoms. The molecule has 588 valence electrons. The van der Waals surface area contributed by atoms with Gasteiger partial charge < -0.3 is 33.8 Å². The van der Waals surface area contributed by atoms with E-state index in [1.54, 1.807) is 0 Å². The minimum absolute atomic E-state index is 0.106. The molecule has 0 aromatic heterocycles. The van der Waals surface area contributed by atoms with Gasteiger partial charge in [0.2, 0.25) is 0 Å². The lowest BCUT2D eigenvalue weighted by atomic mass is 10.0. The quantitative estimate of drug-likeness (QED) is 0.0222. The molecule has 0 bridgehead atoms. The Labute approximate surface area is 607 Å². The van der Waals surface area contributed by atoms with E-state index in [4.69, 9.17) is 37.0 Å². The highest BCUT2D eigenvalue weighted by molar-refractivity contribution is 7.47. The summed E-state index contributed by atoms with van der Waals surface area (Å²) in [5.41, 5.74) is 0. The predicted molar refractivity (Wildman–Crippen MR) is 404 cm³/mol. The molecule has 0 saturated carbocycles. The first-order valence-corrected chi connectivity index (χ1v) is 44.2. The summed E-state index contributed by atoms with van der Waals surface area (Å²) < 4.78 is 68.7. The Morgan fingerprint density at radius 2 is 0.424 bits per heavy atom. The highest BCUT2D eigenvalue weighted by atomic mass is 31.2. The fraction of sp³-hybridized carbons (Fsp3) is 0.950. The second-order valence-electron chi connectivity index (χ2n) is 30.7. The maximum Gasteiger partial charge on any atom is 0.472 e. The van der Waals surface area contributed by atoms with Crippen LogP contribution in [0.4, 0.5) is 0 Å². The molecule has 0 aromatic rings. The summed E-state index contributed by atoms with van der Waals surface area (Å²) in [6.07, 6.45) is 55.7. The summed E-state index contributed by atoms with van der Waals surface area (Å²) in [5.74, 6) is 0.938. The van der Waals surface area contributed by atoms with Crippen molar-refractivity contribution < 1.29 is 80.2 Å². The zero-order valence-corrected chi connectivity index (χ0v) is 66.9. The first-order chi connectivity index (χ1) is 47.6. The van der Waals surface area contributed by atoms with Crippen LogP contribution < -0.4 is 0 Å². The smallest absolute Gasteiger partial charge is 0.462 e. The molecule has 0 aliphatic rings. The predicted octanol–water partition coefficient (Wildman–Crippen LogP) is 23.6. The van der Waals surface area contributed by atoms with E-state index in [0.29, 0.717) is 31.6 Å². The van der Waals surface area contributed by atoms with Crippen LogP contribution >= 0.6 is 15.6 Å². The van der Waals surface area contributed by atoms with Gasteiger partial charge in [-0.05, 0) is 49.4 Å². The van der Waals surface area contributed by atoms with Crippen LogP contribution in [0.5, 0.6) is 0 Å². The van der Waals surface area contributed by atoms with E-state index >= 15 is 0 Å². The highest BCUT2D eigenvalue weighted by Crippen LogP contribution is 2.45. The Morgan fingerprint density at radius 3 is 0.626 bits per heavy atom. The number of hydrogen-bond donors (Lipinski definition) is 3. The molecule has 0 rings (SSSR count). The molecule has 0 fully saturated rings. The molecule has 3 N–H and O–H groups in total. The zero-order chi connectivity index (χ0) is 73.1. The lowest BCUT2D eigenvalue weighted by Crippen LogP contribution is -2.30. The summed E-state index contributed by atoms with van der Waals surface area (Å²) >= 11 is 0. The maximum absolute atomic E-state index is 13.1. The summed E-state index contributed by atoms with van der Waals surface area (Å²) in [6.45, 7) is 14.2. The van der Waals surface area contributed by atoms with Gasteiger partial charge in [0.1, 0.15) is 19.3 Å². The third kappa shape index (κ3) is 74.1. The van der Waals surface area contributed by atoms with Crippen molar-refractivity contribution in [2.45, 2.75) is 427 Å². The Kier molecular flexibility index (Phi) is 67.8. The molecule has 0 heterocycles. The van der Waals surface area contributed by atoms with E-state index in [1.165, 1.54) is 205 Å². The molecule has 3 unspecified atom stereocenters. The minimum atomic E-state index is -4.96. The van der Waals surface area contributed by atoms with E-state index in [1.807, 2.05) is 0 Å². The van der Waals surface area contributed by atoms with Crippen LogP contribution in [0.15, 0.2) is 0 Å². The van der Waals surface area contributed by atoms with Gasteiger partial charge in [-0.2, -0.15) is 0 Å². The fourth-order valence-electron chi connectivity index (χ4n) is 12.3. The van der Waals surface area contributed by atoms with E-state index in [9.17, 15) is 43.2 Å². The van der Waals surface area contributed by atoms with Crippen LogP contribution in [-0.4, -0.2) is 96.7 Å². The van der Waals surface area contributed by atoms with Gasteiger partial charge in [0.15, 0.2) is 12.2 Å². The van der Waals surface area contributed by atoms with Crippen LogP contribution in [0.3, 0.4) is 0 Å². The third-order valence-corrected chi connectivity index (χ3v) is 20.5. The Morgan fingerprint density at radius 1 is 0.253 bits per heavy atom. The van der Waals surface area contributed by atoms with Crippen molar-refractivity contribution >= 4 is 39.5 Å². The molecule has 5 atom stereocenters. The number of carbonyl (C=O) groups excluding carboxylic acids is 4. The topological polar surface area (TPSA) is 237 Å². The number of aliphatic hydroxyl groups excluding tert-OH is 1. The minimum Gasteiger partial charge on any atom is -0.462 e. The molecule has 0 amide bonds. The van der Waals surface area contributed by atoms with E-state index < -0.39 is 97.5 Å². The maximum atomic E-state index is 13.1. The van der Waals surface area contributed by atoms with Gasteiger partial charge in [-0.1, -0.05) is 357 Å². The van der Waals surface area contributed by atoms with Crippen LogP contribution in [-0.2, 0) is 65.4 Å². The molecule has 19 heteroatoms. The van der Waals surface area contributed by atoms with Crippen molar-refractivity contribution in [1.82, 2.24) is 0 Å². The summed E-state index contributed by atoms with van der Waals surface area (Å²) in [4.78, 5) is 72.9. The van der Waals surface area contributed by atoms with Gasteiger partial charge in [0.25, 0.3) is 0 Å². The number of aliphatic hydroxyl groups is 1. The molecular weight excluding hydrogens is 1290 g/mol. The van der Waals surface area contributed by atoms with Crippen molar-refractivity contribution in [3.63, 3.8) is 0 Å². The fourth-order valence-corrected chi connectivity index (χ4v) is 13.8. The van der Waals surface area contributed by atoms with Gasteiger partial charge >= 0.3 is 39.5 Å². The number of phosphoric acid groups is 2. The Balaban J connectivity index is 5.22. The van der Waals surface area contributed by atoms with Crippen molar-refractivity contribution in [1.29, 1.82) is 0 Å². The molecule has 0 aromatic carbocycles. The number of rotatable bonds is 77. The van der Waals surface area contributed by atoms with Crippen LogP contribution in [0.2, 0.25) is 0 Å². The van der Waals surface area contributed by atoms with Gasteiger partial charge in [-0.3, -0.25) is 37.3 Å². The van der Waals surface area contributed by atoms with Crippen molar-refractivity contribution in [3.05, 3.63) is 0 Å². The standard InChI is InChI=1S/C80H156O17P2/c1-70(2)56-48-40-32-26-20-15-11-9-10-12-17-23-30-36-46-54-62-79(84)96-75(66-90-77(82)60-52-44-35-29-25-19-22-28-34-42-50-58-72(5)6)68-94-98(86,87)92-64-74(81)65-93-99(88,89)95-69-76(67-91-78(83)61-53-45-39-38-43-51-59-73(7)8)97-80(85)63-55-47-37-31-24-18-14-13-16-21-27-33-41-49-57-71(3)4/h70-76,81H,9-69H2,1-8H3,(H,86,87)(H,88,89)/t74?,75-,76-/m1/s1. The van der Waals surface area contributed by atoms with Crippen molar-refractivity contribution in [2.24, 2.45) is 23.7 Å². The van der Waals surface area contributed by atoms with Gasteiger partial charge in [-0.25, -0.2) is 9.13 Å². The average molecular weight is 1450 g/mol. The first-order valence-electron chi connectivity index (χ1n) is 41.2. The largest absolute Gasteiger partial charge is 0.472 e. The normalized spacial score (nSPS) is 14.1. The number of unbranched alkanes of at least 4 members (excludes halogenated alkanes) is 43. The van der Waals surface area contributed by atoms with Gasteiger partial charge in [0, 0.05) is 25.7 Å². The van der Waals surface area contributed by atoms with Crippen LogP contribution in [0.1, 0.15) is 409 Å². The number of esters is 4. The van der Waals surface area contributed by atoms with Gasteiger partial charge in [0.05, 0.1) is 26.4 Å². The number of hydrogen-bond acceptors (Lipinski definition) is 15. The third-order valence-electron chi connectivity index (χ3n) is 18.6. The van der Waals surface area contributed by atoms with E-state index in [-0.39, 0.29) is 25.7 Å². The first kappa shape index (κ1) is 97.1. The monoisotopic (exact) mass is 1450 g/mol. The molecular formula is C80H156O17P2. The molecule has 0 aliphatic heterocycles. The number of phosphoric ester groups is 2. The molecule has 17 nitrogen and oxygen atoms in total. The second-order valence-corrected chi connectivity index (χ2v) is 33.6. The molecule has 0 aliphatic carbocycles. The lowest BCUT2D eigenvalue weighted by Gasteiger charge is -2.21. The van der Waals surface area contributed by atoms with Crippen LogP contribution in [0.25, 0.3) is 0 Å². The van der Waals surface area contributed by atoms with Crippen molar-refractivity contribution in [2.75, 3.05) is 39.6 Å². The summed E-state index contributed by atoms with van der Waals surface area (Å²) in [7, 11) is -9.92. The van der Waals surface area contributed by atoms with Gasteiger partial charge in [-0.15, -0.1) is 0 Å². The highest BCUT2D eigenvalue weighted by Gasteiger charge is 2.30. The molecule has 99 heavy (non-hydrogen) atoms. The SMILES string of the molecule is CC(C)CCCCCCCCCCCCCCCCCCC(=O)O[C@H](COC(=O)CCCCCCCCCCCCCC(C)C)COP(=O)(O)OCC(O)COP(=O)(O)OC[C@@H](COC(=O)CCCCCCCCC(C)C)OC(=O)CCCCCCCCCCCCCCCCC(C)C. The average Bonchev–Trinajstić information content (AvgIpc) is 0.979. The Hall–Kier alpha value is -1.94. The lowest BCUT2D eigenvalue weighted by molar-refractivity contribution is -0.161. The number of ether oxygens (including phenoxy) is 4. The van der Waals surface area contributed by atoms with Crippen molar-refractivity contribution in [3.8, 4) is 0 Å². The summed E-state index contributed by atoms with van der Waals surface area (Å²) in [6, 6.07) is 0. The van der Waals surface area contributed by atoms with E-state index in [2.05, 4.69) is 55.4 Å². The molecule has 0 radical (unpaired) electrons. The Bertz CT molecular complexity index is 1940. The second kappa shape index (κ2) is 69.1.